The number of hydrogen-bond donors (Lipinski definition) is 1. The lowest BCUT2D eigenvalue weighted by atomic mass is 10.0. The highest BCUT2D eigenvalue weighted by molar-refractivity contribution is 5.80. The van der Waals surface area contributed by atoms with Gasteiger partial charge in [-0.2, -0.15) is 0 Å². The monoisotopic (exact) mass is 399 g/mol. The van der Waals surface area contributed by atoms with Gasteiger partial charge >= 0.3 is 0 Å². The molecule has 2 unspecified atom stereocenters. The SMILES string of the molecule is CN=C(NCC(c1ccc(C)cc1)N1CCCC1)N1CCC(N2CCOCC2)C1. The molecule has 0 aliphatic carbocycles. The van der Waals surface area contributed by atoms with Crippen LogP contribution >= 0.6 is 0 Å². The zero-order chi connectivity index (χ0) is 20.1. The topological polar surface area (TPSA) is 43.3 Å². The summed E-state index contributed by atoms with van der Waals surface area (Å²) in [6.07, 6.45) is 3.84. The summed E-state index contributed by atoms with van der Waals surface area (Å²) in [5.74, 6) is 1.05. The molecule has 0 radical (unpaired) electrons. The number of aryl methyl sites for hydroxylation is 1. The van der Waals surface area contributed by atoms with Crippen LogP contribution in [-0.2, 0) is 4.74 Å². The van der Waals surface area contributed by atoms with Crippen LogP contribution in [0.15, 0.2) is 29.3 Å². The molecule has 2 atom stereocenters. The number of rotatable bonds is 5. The molecule has 0 aromatic heterocycles. The van der Waals surface area contributed by atoms with E-state index in [1.165, 1.54) is 43.5 Å². The molecule has 0 bridgehead atoms. The van der Waals surface area contributed by atoms with Gasteiger partial charge in [0.2, 0.25) is 0 Å². The summed E-state index contributed by atoms with van der Waals surface area (Å²) >= 11 is 0. The van der Waals surface area contributed by atoms with Crippen molar-refractivity contribution in [2.24, 2.45) is 4.99 Å². The maximum atomic E-state index is 5.52. The summed E-state index contributed by atoms with van der Waals surface area (Å²) < 4.78 is 5.52. The van der Waals surface area contributed by atoms with E-state index in [0.717, 1.165) is 51.9 Å². The van der Waals surface area contributed by atoms with E-state index < -0.39 is 0 Å². The second-order valence-electron chi connectivity index (χ2n) is 8.63. The number of aliphatic imine (C=N–C) groups is 1. The Morgan fingerprint density at radius 3 is 2.52 bits per heavy atom. The lowest BCUT2D eigenvalue weighted by Crippen LogP contribution is -2.47. The van der Waals surface area contributed by atoms with Gasteiger partial charge < -0.3 is 15.0 Å². The molecular weight excluding hydrogens is 362 g/mol. The highest BCUT2D eigenvalue weighted by Crippen LogP contribution is 2.25. The standard InChI is InChI=1S/C23H37N5O/c1-19-5-7-20(8-6-19)22(27-10-3-4-11-27)17-25-23(24-2)28-12-9-21(18-28)26-13-15-29-16-14-26/h5-8,21-22H,3-4,9-18H2,1-2H3,(H,24,25). The summed E-state index contributed by atoms with van der Waals surface area (Å²) in [5.41, 5.74) is 2.73. The summed E-state index contributed by atoms with van der Waals surface area (Å²) in [5, 5.41) is 3.72. The number of nitrogens with zero attached hydrogens (tertiary/aromatic N) is 4. The number of guanidine groups is 1. The van der Waals surface area contributed by atoms with Gasteiger partial charge in [-0.05, 0) is 44.8 Å². The third-order valence-electron chi connectivity index (χ3n) is 6.73. The Morgan fingerprint density at radius 2 is 1.83 bits per heavy atom. The van der Waals surface area contributed by atoms with E-state index in [1.54, 1.807) is 0 Å². The van der Waals surface area contributed by atoms with E-state index in [4.69, 9.17) is 4.74 Å². The van der Waals surface area contributed by atoms with Crippen LogP contribution in [0.25, 0.3) is 0 Å². The average Bonchev–Trinajstić information content (AvgIpc) is 3.46. The second kappa shape index (κ2) is 9.92. The Balaban J connectivity index is 1.37. The van der Waals surface area contributed by atoms with Crippen LogP contribution in [0, 0.1) is 6.92 Å². The molecule has 6 heteroatoms. The molecule has 6 nitrogen and oxygen atoms in total. The molecule has 3 heterocycles. The summed E-state index contributed by atoms with van der Waals surface area (Å²) in [6.45, 7) is 11.5. The fraction of sp³-hybridized carbons (Fsp3) is 0.696. The lowest BCUT2D eigenvalue weighted by Gasteiger charge is -2.33. The van der Waals surface area contributed by atoms with Gasteiger partial charge in [-0.15, -0.1) is 0 Å². The predicted octanol–water partition coefficient (Wildman–Crippen LogP) is 2.11. The summed E-state index contributed by atoms with van der Waals surface area (Å²) in [6, 6.07) is 10.1. The van der Waals surface area contributed by atoms with Crippen molar-refractivity contribution in [3.8, 4) is 0 Å². The highest BCUT2D eigenvalue weighted by atomic mass is 16.5. The highest BCUT2D eigenvalue weighted by Gasteiger charge is 2.31. The van der Waals surface area contributed by atoms with Crippen LogP contribution < -0.4 is 5.32 Å². The normalized spacial score (nSPS) is 25.5. The molecule has 3 saturated heterocycles. The van der Waals surface area contributed by atoms with Crippen LogP contribution in [0.2, 0.25) is 0 Å². The molecule has 4 rings (SSSR count). The molecule has 3 fully saturated rings. The van der Waals surface area contributed by atoms with Gasteiger partial charge in [0.15, 0.2) is 5.96 Å². The Hall–Kier alpha value is -1.63. The van der Waals surface area contributed by atoms with Crippen LogP contribution in [-0.4, -0.2) is 92.8 Å². The van der Waals surface area contributed by atoms with Crippen LogP contribution in [0.5, 0.6) is 0 Å². The van der Waals surface area contributed by atoms with Gasteiger partial charge in [-0.25, -0.2) is 0 Å². The van der Waals surface area contributed by atoms with Crippen molar-refractivity contribution in [2.45, 2.75) is 38.3 Å². The maximum Gasteiger partial charge on any atom is 0.193 e. The second-order valence-corrected chi connectivity index (χ2v) is 8.63. The first-order valence-electron chi connectivity index (χ1n) is 11.3. The van der Waals surface area contributed by atoms with E-state index in [0.29, 0.717) is 12.1 Å². The molecule has 29 heavy (non-hydrogen) atoms. The van der Waals surface area contributed by atoms with Gasteiger partial charge in [0.05, 0.1) is 19.3 Å². The third kappa shape index (κ3) is 5.11. The first-order valence-corrected chi connectivity index (χ1v) is 11.3. The number of hydrogen-bond acceptors (Lipinski definition) is 4. The van der Waals surface area contributed by atoms with Crippen molar-refractivity contribution in [1.29, 1.82) is 0 Å². The zero-order valence-electron chi connectivity index (χ0n) is 18.1. The first-order chi connectivity index (χ1) is 14.2. The average molecular weight is 400 g/mol. The van der Waals surface area contributed by atoms with Crippen LogP contribution in [0.3, 0.4) is 0 Å². The first kappa shape index (κ1) is 20.6. The Morgan fingerprint density at radius 1 is 1.10 bits per heavy atom. The van der Waals surface area contributed by atoms with E-state index in [9.17, 15) is 0 Å². The van der Waals surface area contributed by atoms with Crippen molar-refractivity contribution in [3.05, 3.63) is 35.4 Å². The fourth-order valence-corrected chi connectivity index (χ4v) is 4.99. The van der Waals surface area contributed by atoms with Crippen molar-refractivity contribution in [3.63, 3.8) is 0 Å². The van der Waals surface area contributed by atoms with Gasteiger partial charge in [-0.3, -0.25) is 14.8 Å². The van der Waals surface area contributed by atoms with Gasteiger partial charge in [0, 0.05) is 45.8 Å². The maximum absolute atomic E-state index is 5.52. The molecule has 1 aromatic carbocycles. The van der Waals surface area contributed by atoms with E-state index in [-0.39, 0.29) is 0 Å². The fourth-order valence-electron chi connectivity index (χ4n) is 4.99. The van der Waals surface area contributed by atoms with Crippen LogP contribution in [0.1, 0.15) is 36.4 Å². The smallest absolute Gasteiger partial charge is 0.193 e. The largest absolute Gasteiger partial charge is 0.379 e. The quantitative estimate of drug-likeness (QED) is 0.607. The minimum Gasteiger partial charge on any atom is -0.379 e. The number of nitrogens with one attached hydrogen (secondary N) is 1. The number of benzene rings is 1. The third-order valence-corrected chi connectivity index (χ3v) is 6.73. The van der Waals surface area contributed by atoms with Crippen molar-refractivity contribution < 1.29 is 4.74 Å². The number of likely N-dealkylation sites (tertiary alicyclic amines) is 2. The molecule has 3 aliphatic rings. The van der Waals surface area contributed by atoms with Crippen molar-refractivity contribution in [1.82, 2.24) is 20.0 Å². The van der Waals surface area contributed by atoms with Crippen LogP contribution in [0.4, 0.5) is 0 Å². The Labute approximate surface area is 175 Å². The van der Waals surface area contributed by atoms with E-state index in [1.807, 2.05) is 7.05 Å². The predicted molar refractivity (Wildman–Crippen MR) is 118 cm³/mol. The summed E-state index contributed by atoms with van der Waals surface area (Å²) in [7, 11) is 1.92. The lowest BCUT2D eigenvalue weighted by molar-refractivity contribution is 0.0194. The minimum absolute atomic E-state index is 0.410. The minimum atomic E-state index is 0.410. The molecule has 1 aromatic rings. The zero-order valence-corrected chi connectivity index (χ0v) is 18.1. The van der Waals surface area contributed by atoms with Gasteiger partial charge in [-0.1, -0.05) is 29.8 Å². The molecule has 3 aliphatic heterocycles. The summed E-state index contributed by atoms with van der Waals surface area (Å²) in [4.78, 5) is 12.3. The molecule has 1 N–H and O–H groups in total. The van der Waals surface area contributed by atoms with Crippen molar-refractivity contribution in [2.75, 3.05) is 66.1 Å². The molecular formula is C23H37N5O. The molecule has 0 saturated carbocycles. The molecule has 0 spiro atoms. The number of morpholine rings is 1. The van der Waals surface area contributed by atoms with Gasteiger partial charge in [0.1, 0.15) is 0 Å². The Bertz CT molecular complexity index is 664. The van der Waals surface area contributed by atoms with E-state index >= 15 is 0 Å². The molecule has 160 valence electrons. The molecule has 0 amide bonds. The van der Waals surface area contributed by atoms with Gasteiger partial charge in [0.25, 0.3) is 0 Å². The van der Waals surface area contributed by atoms with E-state index in [2.05, 4.69) is 56.2 Å². The Kier molecular flexibility index (Phi) is 7.06. The van der Waals surface area contributed by atoms with Crippen molar-refractivity contribution >= 4 is 5.96 Å². The number of ether oxygens (including phenoxy) is 1.